The fraction of sp³-hybridized carbons (Fsp3) is 0.316. The Bertz CT molecular complexity index is 895. The zero-order chi connectivity index (χ0) is 19.9. The first-order valence-corrected chi connectivity index (χ1v) is 10.8. The second-order valence-corrected chi connectivity index (χ2v) is 7.73. The molecule has 1 atom stereocenters. The van der Waals surface area contributed by atoms with E-state index in [1.54, 1.807) is 42.5 Å². The van der Waals surface area contributed by atoms with Crippen molar-refractivity contribution in [3.8, 4) is 10.7 Å². The van der Waals surface area contributed by atoms with Crippen molar-refractivity contribution in [2.24, 2.45) is 0 Å². The van der Waals surface area contributed by atoms with Crippen LogP contribution < -0.4 is 5.32 Å². The van der Waals surface area contributed by atoms with Crippen molar-refractivity contribution in [3.05, 3.63) is 47.3 Å². The quantitative estimate of drug-likeness (QED) is 0.311. The zero-order valence-electron chi connectivity index (χ0n) is 15.7. The molecule has 0 saturated heterocycles. The highest BCUT2D eigenvalue weighted by Crippen LogP contribution is 2.27. The summed E-state index contributed by atoms with van der Waals surface area (Å²) in [4.78, 5) is 12.7. The van der Waals surface area contributed by atoms with Crippen molar-refractivity contribution in [1.29, 1.82) is 0 Å². The number of aliphatic hydroxyl groups is 1. The second-order valence-electron chi connectivity index (χ2n) is 5.80. The number of thiophene rings is 1. The molecular formula is C19H22N4O3S2. The molecule has 0 bridgehead atoms. The van der Waals surface area contributed by atoms with E-state index in [1.165, 1.54) is 11.8 Å². The first-order chi connectivity index (χ1) is 13.6. The van der Waals surface area contributed by atoms with Crippen LogP contribution in [-0.2, 0) is 11.3 Å². The van der Waals surface area contributed by atoms with Crippen LogP contribution in [0.5, 0.6) is 0 Å². The van der Waals surface area contributed by atoms with Crippen molar-refractivity contribution in [2.45, 2.75) is 31.8 Å². The van der Waals surface area contributed by atoms with E-state index in [0.29, 0.717) is 17.9 Å². The maximum Gasteiger partial charge on any atom is 0.338 e. The molecule has 28 heavy (non-hydrogen) atoms. The third-order valence-corrected chi connectivity index (χ3v) is 5.78. The lowest BCUT2D eigenvalue weighted by Crippen LogP contribution is -2.21. The summed E-state index contributed by atoms with van der Waals surface area (Å²) < 4.78 is 7.00. The Morgan fingerprint density at radius 3 is 2.71 bits per heavy atom. The summed E-state index contributed by atoms with van der Waals surface area (Å²) in [7, 11) is 0. The maximum atomic E-state index is 11.7. The Balaban J connectivity index is 1.57. The lowest BCUT2D eigenvalue weighted by molar-refractivity contribution is 0.0526. The Labute approximate surface area is 171 Å². The van der Waals surface area contributed by atoms with E-state index in [-0.39, 0.29) is 5.97 Å². The number of hydrogen-bond acceptors (Lipinski definition) is 8. The van der Waals surface area contributed by atoms with Crippen LogP contribution in [0.25, 0.3) is 10.7 Å². The number of carbonyl (C=O) groups is 1. The Kier molecular flexibility index (Phi) is 7.07. The van der Waals surface area contributed by atoms with Gasteiger partial charge in [0.1, 0.15) is 6.23 Å². The van der Waals surface area contributed by atoms with E-state index < -0.39 is 6.23 Å². The van der Waals surface area contributed by atoms with Crippen molar-refractivity contribution in [2.75, 3.05) is 17.7 Å². The number of aromatic nitrogens is 3. The number of esters is 1. The molecule has 0 radical (unpaired) electrons. The molecule has 1 unspecified atom stereocenters. The molecule has 9 heteroatoms. The van der Waals surface area contributed by atoms with Crippen molar-refractivity contribution >= 4 is 34.8 Å². The lowest BCUT2D eigenvalue weighted by Gasteiger charge is -2.14. The molecule has 0 spiro atoms. The number of anilines is 1. The molecule has 2 heterocycles. The molecule has 0 aliphatic carbocycles. The van der Waals surface area contributed by atoms with Crippen LogP contribution >= 0.6 is 23.1 Å². The van der Waals surface area contributed by atoms with Gasteiger partial charge in [-0.15, -0.1) is 21.5 Å². The molecule has 0 aliphatic heterocycles. The molecule has 3 rings (SSSR count). The third kappa shape index (κ3) is 4.92. The van der Waals surface area contributed by atoms with Crippen LogP contribution in [0.4, 0.5) is 5.69 Å². The van der Waals surface area contributed by atoms with E-state index in [9.17, 15) is 9.90 Å². The third-order valence-electron chi connectivity index (χ3n) is 3.87. The van der Waals surface area contributed by atoms with Crippen molar-refractivity contribution < 1.29 is 14.6 Å². The van der Waals surface area contributed by atoms with Gasteiger partial charge in [0.15, 0.2) is 11.0 Å². The molecule has 0 aliphatic rings. The molecule has 0 fully saturated rings. The lowest BCUT2D eigenvalue weighted by atomic mass is 10.2. The van der Waals surface area contributed by atoms with Gasteiger partial charge in [-0.2, -0.15) is 0 Å². The number of carbonyl (C=O) groups excluding carboxylic acids is 1. The monoisotopic (exact) mass is 418 g/mol. The van der Waals surface area contributed by atoms with Gasteiger partial charge >= 0.3 is 5.97 Å². The van der Waals surface area contributed by atoms with Crippen molar-refractivity contribution in [3.63, 3.8) is 0 Å². The smallest absolute Gasteiger partial charge is 0.338 e. The second kappa shape index (κ2) is 9.72. The minimum Gasteiger partial charge on any atom is -0.462 e. The van der Waals surface area contributed by atoms with Gasteiger partial charge in [0.05, 0.1) is 17.0 Å². The molecule has 3 aromatic rings. The number of aliphatic hydroxyl groups excluding tert-OH is 1. The number of thioether (sulfide) groups is 1. The van der Waals surface area contributed by atoms with Gasteiger partial charge in [-0.05, 0) is 49.6 Å². The van der Waals surface area contributed by atoms with Gasteiger partial charge in [0, 0.05) is 18.0 Å². The van der Waals surface area contributed by atoms with Gasteiger partial charge in [0.2, 0.25) is 0 Å². The van der Waals surface area contributed by atoms with E-state index >= 15 is 0 Å². The summed E-state index contributed by atoms with van der Waals surface area (Å²) in [5.41, 5.74) is 1.20. The molecular weight excluding hydrogens is 396 g/mol. The number of nitrogens with one attached hydrogen (secondary N) is 1. The molecule has 0 amide bonds. The fourth-order valence-corrected chi connectivity index (χ4v) is 4.15. The number of hydrogen-bond donors (Lipinski definition) is 2. The standard InChI is InChI=1S/C19H22N4O3S2/c1-3-23-17(15-6-5-11-27-15)21-22-19(23)28-12-16(24)20-14-9-7-13(8-10-14)18(25)26-4-2/h5-11,16,20,24H,3-4,12H2,1-2H3. The number of nitrogens with zero attached hydrogens (tertiary/aromatic N) is 3. The summed E-state index contributed by atoms with van der Waals surface area (Å²) in [6, 6.07) is 10.8. The van der Waals surface area contributed by atoms with Gasteiger partial charge in [0.25, 0.3) is 0 Å². The predicted molar refractivity (Wildman–Crippen MR) is 112 cm³/mol. The van der Waals surface area contributed by atoms with E-state index in [2.05, 4.69) is 15.5 Å². The van der Waals surface area contributed by atoms with Gasteiger partial charge in [-0.1, -0.05) is 17.8 Å². The molecule has 2 N–H and O–H groups in total. The van der Waals surface area contributed by atoms with Crippen LogP contribution in [0.3, 0.4) is 0 Å². The number of benzene rings is 1. The Hall–Kier alpha value is -2.36. The maximum absolute atomic E-state index is 11.7. The van der Waals surface area contributed by atoms with Gasteiger partial charge in [-0.25, -0.2) is 4.79 Å². The minimum atomic E-state index is -0.773. The van der Waals surface area contributed by atoms with Gasteiger partial charge in [-0.3, -0.25) is 0 Å². The Morgan fingerprint density at radius 2 is 2.07 bits per heavy atom. The fourth-order valence-electron chi connectivity index (χ4n) is 2.57. The van der Waals surface area contributed by atoms with E-state index in [0.717, 1.165) is 28.1 Å². The highest BCUT2D eigenvalue weighted by molar-refractivity contribution is 7.99. The normalized spacial score (nSPS) is 12.0. The summed E-state index contributed by atoms with van der Waals surface area (Å²) in [5, 5.41) is 24.6. The predicted octanol–water partition coefficient (Wildman–Crippen LogP) is 3.73. The number of rotatable bonds is 9. The summed E-state index contributed by atoms with van der Waals surface area (Å²) in [5.74, 6) is 0.893. The average Bonchev–Trinajstić information content (AvgIpc) is 3.36. The van der Waals surface area contributed by atoms with Crippen LogP contribution in [0.1, 0.15) is 24.2 Å². The van der Waals surface area contributed by atoms with E-state index in [4.69, 9.17) is 4.74 Å². The minimum absolute atomic E-state index is 0.339. The van der Waals surface area contributed by atoms with Crippen LogP contribution in [-0.4, -0.2) is 44.4 Å². The van der Waals surface area contributed by atoms with Crippen molar-refractivity contribution in [1.82, 2.24) is 14.8 Å². The van der Waals surface area contributed by atoms with E-state index in [1.807, 2.05) is 29.0 Å². The van der Waals surface area contributed by atoms with Crippen LogP contribution in [0, 0.1) is 0 Å². The summed E-state index contributed by atoms with van der Waals surface area (Å²) in [6.45, 7) is 4.90. The topological polar surface area (TPSA) is 89.3 Å². The highest BCUT2D eigenvalue weighted by Gasteiger charge is 2.15. The molecule has 148 valence electrons. The first kappa shape index (κ1) is 20.4. The first-order valence-electron chi connectivity index (χ1n) is 8.94. The largest absolute Gasteiger partial charge is 0.462 e. The van der Waals surface area contributed by atoms with Gasteiger partial charge < -0.3 is 19.7 Å². The highest BCUT2D eigenvalue weighted by atomic mass is 32.2. The zero-order valence-corrected chi connectivity index (χ0v) is 17.3. The van der Waals surface area contributed by atoms with Crippen LogP contribution in [0.2, 0.25) is 0 Å². The molecule has 0 saturated carbocycles. The number of ether oxygens (including phenoxy) is 1. The molecule has 7 nitrogen and oxygen atoms in total. The molecule has 2 aromatic heterocycles. The SMILES string of the molecule is CCOC(=O)c1ccc(NC(O)CSc2nnc(-c3cccs3)n2CC)cc1. The molecule has 1 aromatic carbocycles. The summed E-state index contributed by atoms with van der Waals surface area (Å²) >= 11 is 3.06. The Morgan fingerprint density at radius 1 is 1.29 bits per heavy atom. The summed E-state index contributed by atoms with van der Waals surface area (Å²) in [6.07, 6.45) is -0.773. The van der Waals surface area contributed by atoms with Crippen LogP contribution in [0.15, 0.2) is 46.9 Å². The average molecular weight is 419 g/mol.